The molecule has 2 saturated heterocycles. The van der Waals surface area contributed by atoms with Crippen LogP contribution >= 0.6 is 0 Å². The van der Waals surface area contributed by atoms with E-state index in [1.54, 1.807) is 19.3 Å². The number of nitrogens with zero attached hydrogens (tertiary/aromatic N) is 4. The zero-order valence-corrected chi connectivity index (χ0v) is 16.4. The van der Waals surface area contributed by atoms with Gasteiger partial charge >= 0.3 is 0 Å². The molecule has 0 saturated carbocycles. The standard InChI is InChI=1S/C21H28N4O3/c1-16(26)24-12-4-5-17(24)10-14-27-18-7-8-19(22-15-18)20-9-11-23-25(20)21-6-2-3-13-28-21/h7-9,11,15,17,21H,2-6,10,12-14H2,1H3/t17-,21?/m1/s1. The summed E-state index contributed by atoms with van der Waals surface area (Å²) in [6, 6.07) is 6.17. The van der Waals surface area contributed by atoms with Crippen LogP contribution in [0.4, 0.5) is 0 Å². The van der Waals surface area contributed by atoms with E-state index in [1.807, 2.05) is 27.8 Å². The van der Waals surface area contributed by atoms with Crippen LogP contribution in [0.1, 0.15) is 51.7 Å². The van der Waals surface area contributed by atoms with Crippen LogP contribution in [-0.2, 0) is 9.53 Å². The number of amides is 1. The van der Waals surface area contributed by atoms with Gasteiger partial charge in [-0.05, 0) is 50.3 Å². The van der Waals surface area contributed by atoms with Crippen LogP contribution in [0, 0.1) is 0 Å². The Labute approximate surface area is 165 Å². The van der Waals surface area contributed by atoms with Crippen molar-refractivity contribution in [2.45, 2.75) is 57.7 Å². The third-order valence-electron chi connectivity index (χ3n) is 5.60. The first kappa shape index (κ1) is 18.9. The first-order valence-electron chi connectivity index (χ1n) is 10.2. The van der Waals surface area contributed by atoms with Crippen LogP contribution in [0.2, 0.25) is 0 Å². The molecule has 4 rings (SSSR count). The van der Waals surface area contributed by atoms with E-state index in [1.165, 1.54) is 0 Å². The van der Waals surface area contributed by atoms with E-state index in [4.69, 9.17) is 9.47 Å². The molecule has 2 aliphatic heterocycles. The van der Waals surface area contributed by atoms with Gasteiger partial charge in [-0.25, -0.2) is 4.68 Å². The van der Waals surface area contributed by atoms with Crippen molar-refractivity contribution in [3.63, 3.8) is 0 Å². The van der Waals surface area contributed by atoms with Crippen molar-refractivity contribution >= 4 is 5.91 Å². The average Bonchev–Trinajstić information content (AvgIpc) is 3.39. The Bertz CT molecular complexity index is 783. The Morgan fingerprint density at radius 1 is 1.25 bits per heavy atom. The van der Waals surface area contributed by atoms with Gasteiger partial charge in [-0.3, -0.25) is 9.78 Å². The molecule has 0 aliphatic carbocycles. The van der Waals surface area contributed by atoms with Crippen molar-refractivity contribution in [2.24, 2.45) is 0 Å². The number of hydrogen-bond acceptors (Lipinski definition) is 5. The quantitative estimate of drug-likeness (QED) is 0.763. The number of likely N-dealkylation sites (tertiary alicyclic amines) is 1. The maximum atomic E-state index is 11.6. The van der Waals surface area contributed by atoms with Gasteiger partial charge < -0.3 is 14.4 Å². The predicted octanol–water partition coefficient (Wildman–Crippen LogP) is 3.42. The molecule has 28 heavy (non-hydrogen) atoms. The maximum absolute atomic E-state index is 11.6. The van der Waals surface area contributed by atoms with Gasteiger partial charge in [0.15, 0.2) is 6.23 Å². The number of rotatable bonds is 6. The van der Waals surface area contributed by atoms with Crippen LogP contribution in [0.15, 0.2) is 30.6 Å². The predicted molar refractivity (Wildman–Crippen MR) is 105 cm³/mol. The number of aromatic nitrogens is 3. The van der Waals surface area contributed by atoms with Gasteiger partial charge in [-0.1, -0.05) is 0 Å². The molecule has 4 heterocycles. The van der Waals surface area contributed by atoms with E-state index in [2.05, 4.69) is 10.1 Å². The van der Waals surface area contributed by atoms with Crippen molar-refractivity contribution < 1.29 is 14.3 Å². The molecule has 1 amide bonds. The highest BCUT2D eigenvalue weighted by Crippen LogP contribution is 2.28. The van der Waals surface area contributed by atoms with Gasteiger partial charge in [0.05, 0.1) is 24.2 Å². The second-order valence-electron chi connectivity index (χ2n) is 7.51. The molecule has 7 heteroatoms. The van der Waals surface area contributed by atoms with E-state index in [9.17, 15) is 4.79 Å². The molecule has 1 unspecified atom stereocenters. The van der Waals surface area contributed by atoms with Crippen molar-refractivity contribution in [3.05, 3.63) is 30.6 Å². The highest BCUT2D eigenvalue weighted by molar-refractivity contribution is 5.73. The molecule has 2 aliphatic rings. The fourth-order valence-electron chi connectivity index (χ4n) is 4.14. The number of pyridine rings is 1. The van der Waals surface area contributed by atoms with Gasteiger partial charge in [0.1, 0.15) is 5.75 Å². The summed E-state index contributed by atoms with van der Waals surface area (Å²) in [4.78, 5) is 18.2. The molecule has 0 bridgehead atoms. The summed E-state index contributed by atoms with van der Waals surface area (Å²) < 4.78 is 13.7. The largest absolute Gasteiger partial charge is 0.492 e. The minimum atomic E-state index is -0.00731. The molecule has 0 radical (unpaired) electrons. The first-order valence-corrected chi connectivity index (χ1v) is 10.2. The summed E-state index contributed by atoms with van der Waals surface area (Å²) in [6.45, 7) is 3.88. The van der Waals surface area contributed by atoms with E-state index in [0.717, 1.165) is 68.8 Å². The molecule has 2 aromatic rings. The van der Waals surface area contributed by atoms with Crippen molar-refractivity contribution in [3.8, 4) is 17.1 Å². The summed E-state index contributed by atoms with van der Waals surface area (Å²) >= 11 is 0. The van der Waals surface area contributed by atoms with Gasteiger partial charge in [-0.2, -0.15) is 5.10 Å². The number of carbonyl (C=O) groups excluding carboxylic acids is 1. The van der Waals surface area contributed by atoms with Gasteiger partial charge in [0.25, 0.3) is 0 Å². The Morgan fingerprint density at radius 3 is 2.93 bits per heavy atom. The molecule has 0 N–H and O–H groups in total. The maximum Gasteiger partial charge on any atom is 0.219 e. The SMILES string of the molecule is CC(=O)N1CCC[C@@H]1CCOc1ccc(-c2ccnn2C2CCCCO2)nc1. The Balaban J connectivity index is 1.34. The Hall–Kier alpha value is -2.41. The topological polar surface area (TPSA) is 69.5 Å². The second kappa shape index (κ2) is 8.73. The summed E-state index contributed by atoms with van der Waals surface area (Å²) in [5.41, 5.74) is 1.82. The highest BCUT2D eigenvalue weighted by atomic mass is 16.5. The molecule has 2 fully saturated rings. The monoisotopic (exact) mass is 384 g/mol. The molecule has 7 nitrogen and oxygen atoms in total. The van der Waals surface area contributed by atoms with E-state index in [-0.39, 0.29) is 12.1 Å². The molecular weight excluding hydrogens is 356 g/mol. The van der Waals surface area contributed by atoms with Crippen molar-refractivity contribution in [1.29, 1.82) is 0 Å². The third kappa shape index (κ3) is 4.19. The summed E-state index contributed by atoms with van der Waals surface area (Å²) in [6.07, 6.45) is 9.79. The first-order chi connectivity index (χ1) is 13.7. The molecule has 0 spiro atoms. The van der Waals surface area contributed by atoms with Crippen LogP contribution in [0.5, 0.6) is 5.75 Å². The number of ether oxygens (including phenoxy) is 2. The average molecular weight is 384 g/mol. The fraction of sp³-hybridized carbons (Fsp3) is 0.571. The van der Waals surface area contributed by atoms with E-state index < -0.39 is 0 Å². The van der Waals surface area contributed by atoms with Crippen molar-refractivity contribution in [2.75, 3.05) is 19.8 Å². The van der Waals surface area contributed by atoms with Gasteiger partial charge in [-0.15, -0.1) is 0 Å². The Morgan fingerprint density at radius 2 is 2.18 bits per heavy atom. The lowest BCUT2D eigenvalue weighted by Crippen LogP contribution is -2.34. The minimum Gasteiger partial charge on any atom is -0.492 e. The number of carbonyl (C=O) groups is 1. The van der Waals surface area contributed by atoms with Gasteiger partial charge in [0.2, 0.25) is 5.91 Å². The molecule has 2 aromatic heterocycles. The lowest BCUT2D eigenvalue weighted by molar-refractivity contribution is -0.129. The van der Waals surface area contributed by atoms with Crippen LogP contribution in [0.3, 0.4) is 0 Å². The summed E-state index contributed by atoms with van der Waals surface area (Å²) in [5.74, 6) is 0.906. The normalized spacial score (nSPS) is 22.4. The smallest absolute Gasteiger partial charge is 0.219 e. The zero-order valence-electron chi connectivity index (χ0n) is 16.4. The van der Waals surface area contributed by atoms with E-state index >= 15 is 0 Å². The lowest BCUT2D eigenvalue weighted by atomic mass is 10.1. The zero-order chi connectivity index (χ0) is 19.3. The third-order valence-corrected chi connectivity index (χ3v) is 5.60. The lowest BCUT2D eigenvalue weighted by Gasteiger charge is -2.24. The summed E-state index contributed by atoms with van der Waals surface area (Å²) in [5, 5.41) is 4.44. The molecule has 2 atom stereocenters. The van der Waals surface area contributed by atoms with Crippen LogP contribution < -0.4 is 4.74 Å². The fourth-order valence-corrected chi connectivity index (χ4v) is 4.14. The summed E-state index contributed by atoms with van der Waals surface area (Å²) in [7, 11) is 0. The molecule has 150 valence electrons. The number of hydrogen-bond donors (Lipinski definition) is 0. The van der Waals surface area contributed by atoms with Crippen LogP contribution in [0.25, 0.3) is 11.4 Å². The second-order valence-corrected chi connectivity index (χ2v) is 7.51. The molecule has 0 aromatic carbocycles. The van der Waals surface area contributed by atoms with Crippen LogP contribution in [-0.4, -0.2) is 51.4 Å². The minimum absolute atomic E-state index is 0.00731. The highest BCUT2D eigenvalue weighted by Gasteiger charge is 2.26. The Kier molecular flexibility index (Phi) is 5.90. The van der Waals surface area contributed by atoms with Gasteiger partial charge in [0, 0.05) is 38.7 Å². The molecular formula is C21H28N4O3. The van der Waals surface area contributed by atoms with Crippen molar-refractivity contribution in [1.82, 2.24) is 19.7 Å². The van der Waals surface area contributed by atoms with E-state index in [0.29, 0.717) is 12.6 Å².